The molecular weight excluding hydrogens is 454 g/mol. The summed E-state index contributed by atoms with van der Waals surface area (Å²) in [7, 11) is 0. The van der Waals surface area contributed by atoms with E-state index in [-0.39, 0.29) is 6.04 Å². The third kappa shape index (κ3) is 3.70. The average molecular weight is 468 g/mol. The SMILES string of the molecule is CCNC(c1cc(Br)ccc1C)c1cc(Br)sc1Br. The van der Waals surface area contributed by atoms with E-state index in [0.717, 1.165) is 14.8 Å². The second-order valence-electron chi connectivity index (χ2n) is 4.27. The highest BCUT2D eigenvalue weighted by atomic mass is 79.9. The monoisotopic (exact) mass is 465 g/mol. The van der Waals surface area contributed by atoms with Crippen molar-refractivity contribution in [1.82, 2.24) is 5.32 Å². The van der Waals surface area contributed by atoms with Crippen molar-refractivity contribution in [2.24, 2.45) is 0 Å². The fourth-order valence-corrected chi connectivity index (χ4v) is 5.34. The van der Waals surface area contributed by atoms with E-state index in [1.807, 2.05) is 0 Å². The van der Waals surface area contributed by atoms with Gasteiger partial charge >= 0.3 is 0 Å². The quantitative estimate of drug-likeness (QED) is 0.577. The molecule has 0 fully saturated rings. The summed E-state index contributed by atoms with van der Waals surface area (Å²) in [6.45, 7) is 5.22. The minimum Gasteiger partial charge on any atom is -0.306 e. The molecule has 0 radical (unpaired) electrons. The van der Waals surface area contributed by atoms with Crippen LogP contribution in [0.2, 0.25) is 0 Å². The van der Waals surface area contributed by atoms with Crippen LogP contribution in [-0.2, 0) is 0 Å². The van der Waals surface area contributed by atoms with Gasteiger partial charge in [0.1, 0.15) is 0 Å². The molecule has 0 amide bonds. The van der Waals surface area contributed by atoms with Crippen LogP contribution in [0.5, 0.6) is 0 Å². The molecule has 0 saturated heterocycles. The van der Waals surface area contributed by atoms with Crippen molar-refractivity contribution in [3.63, 3.8) is 0 Å². The normalized spacial score (nSPS) is 12.7. The number of benzene rings is 1. The largest absolute Gasteiger partial charge is 0.306 e. The van der Waals surface area contributed by atoms with E-state index in [4.69, 9.17) is 0 Å². The summed E-state index contributed by atoms with van der Waals surface area (Å²) >= 11 is 12.5. The molecule has 1 aromatic heterocycles. The molecule has 0 aliphatic rings. The van der Waals surface area contributed by atoms with Gasteiger partial charge < -0.3 is 5.32 Å². The molecule has 1 heterocycles. The lowest BCUT2D eigenvalue weighted by atomic mass is 9.97. The summed E-state index contributed by atoms with van der Waals surface area (Å²) in [5, 5.41) is 3.57. The number of halogens is 3. The van der Waals surface area contributed by atoms with Gasteiger partial charge in [0.05, 0.1) is 13.6 Å². The molecule has 1 nitrogen and oxygen atoms in total. The van der Waals surface area contributed by atoms with Crippen molar-refractivity contribution in [3.05, 3.63) is 53.0 Å². The molecule has 0 saturated carbocycles. The number of nitrogens with one attached hydrogen (secondary N) is 1. The predicted octanol–water partition coefficient (Wildman–Crippen LogP) is 6.04. The highest BCUT2D eigenvalue weighted by molar-refractivity contribution is 9.12. The van der Waals surface area contributed by atoms with E-state index >= 15 is 0 Å². The number of hydrogen-bond acceptors (Lipinski definition) is 2. The second-order valence-corrected chi connectivity index (χ2v) is 8.94. The van der Waals surface area contributed by atoms with Gasteiger partial charge in [0.2, 0.25) is 0 Å². The topological polar surface area (TPSA) is 12.0 Å². The molecule has 102 valence electrons. The van der Waals surface area contributed by atoms with Gasteiger partial charge in [-0.05, 0) is 80.2 Å². The van der Waals surface area contributed by atoms with E-state index in [2.05, 4.69) is 91.2 Å². The number of hydrogen-bond donors (Lipinski definition) is 1. The Morgan fingerprint density at radius 3 is 2.47 bits per heavy atom. The summed E-state index contributed by atoms with van der Waals surface area (Å²) in [6, 6.07) is 8.82. The fourth-order valence-electron chi connectivity index (χ4n) is 2.06. The Hall–Kier alpha value is 0.320. The standard InChI is InChI=1S/C14H14Br3NS/c1-3-18-13(11-7-12(16)19-14(11)17)10-6-9(15)5-4-8(10)2/h4-7,13,18H,3H2,1-2H3. The zero-order chi connectivity index (χ0) is 14.0. The summed E-state index contributed by atoms with van der Waals surface area (Å²) in [6.07, 6.45) is 0. The van der Waals surface area contributed by atoms with E-state index in [9.17, 15) is 0 Å². The maximum Gasteiger partial charge on any atom is 0.0761 e. The van der Waals surface area contributed by atoms with Crippen molar-refractivity contribution < 1.29 is 0 Å². The van der Waals surface area contributed by atoms with E-state index in [1.54, 1.807) is 11.3 Å². The van der Waals surface area contributed by atoms with Gasteiger partial charge in [-0.2, -0.15) is 0 Å². The Kier molecular flexibility index (Phi) is 5.66. The minimum absolute atomic E-state index is 0.208. The Labute approximate surface area is 143 Å². The lowest BCUT2D eigenvalue weighted by Crippen LogP contribution is -2.22. The summed E-state index contributed by atoms with van der Waals surface area (Å²) in [5.41, 5.74) is 3.88. The number of thiophene rings is 1. The van der Waals surface area contributed by atoms with Crippen LogP contribution in [-0.4, -0.2) is 6.54 Å². The highest BCUT2D eigenvalue weighted by Crippen LogP contribution is 2.39. The molecule has 1 aromatic carbocycles. The molecule has 0 aliphatic carbocycles. The molecule has 1 N–H and O–H groups in total. The maximum absolute atomic E-state index is 3.66. The smallest absolute Gasteiger partial charge is 0.0761 e. The summed E-state index contributed by atoms with van der Waals surface area (Å²) in [4.78, 5) is 0. The van der Waals surface area contributed by atoms with Crippen molar-refractivity contribution in [2.45, 2.75) is 19.9 Å². The van der Waals surface area contributed by atoms with Gasteiger partial charge in [-0.25, -0.2) is 0 Å². The lowest BCUT2D eigenvalue weighted by Gasteiger charge is -2.20. The Morgan fingerprint density at radius 1 is 1.16 bits per heavy atom. The first kappa shape index (κ1) is 15.7. The van der Waals surface area contributed by atoms with Crippen molar-refractivity contribution in [3.8, 4) is 0 Å². The zero-order valence-corrected chi connectivity index (χ0v) is 16.2. The lowest BCUT2D eigenvalue weighted by molar-refractivity contribution is 0.627. The molecule has 0 bridgehead atoms. The zero-order valence-electron chi connectivity index (χ0n) is 10.6. The van der Waals surface area contributed by atoms with Gasteiger partial charge in [0.25, 0.3) is 0 Å². The Bertz CT molecular complexity index is 580. The number of aryl methyl sites for hydroxylation is 1. The van der Waals surface area contributed by atoms with Crippen LogP contribution in [0.1, 0.15) is 29.7 Å². The maximum atomic E-state index is 3.66. The van der Waals surface area contributed by atoms with Crippen molar-refractivity contribution in [2.75, 3.05) is 6.54 Å². The molecule has 19 heavy (non-hydrogen) atoms. The molecule has 2 rings (SSSR count). The highest BCUT2D eigenvalue weighted by Gasteiger charge is 2.20. The van der Waals surface area contributed by atoms with Gasteiger partial charge in [-0.15, -0.1) is 11.3 Å². The molecule has 5 heteroatoms. The minimum atomic E-state index is 0.208. The first-order valence-electron chi connectivity index (χ1n) is 5.97. The Morgan fingerprint density at radius 2 is 1.89 bits per heavy atom. The van der Waals surface area contributed by atoms with Gasteiger partial charge in [-0.3, -0.25) is 0 Å². The summed E-state index contributed by atoms with van der Waals surface area (Å²) < 4.78 is 3.43. The van der Waals surface area contributed by atoms with Gasteiger partial charge in [-0.1, -0.05) is 28.9 Å². The fraction of sp³-hybridized carbons (Fsp3) is 0.286. The van der Waals surface area contributed by atoms with Crippen molar-refractivity contribution >= 4 is 59.1 Å². The summed E-state index contributed by atoms with van der Waals surface area (Å²) in [5.74, 6) is 0. The predicted molar refractivity (Wildman–Crippen MR) is 94.1 cm³/mol. The van der Waals surface area contributed by atoms with Crippen molar-refractivity contribution in [1.29, 1.82) is 0 Å². The van der Waals surface area contributed by atoms with Gasteiger partial charge in [0.15, 0.2) is 0 Å². The molecule has 1 atom stereocenters. The third-order valence-corrected chi connectivity index (χ3v) is 5.83. The number of rotatable bonds is 4. The van der Waals surface area contributed by atoms with Crippen LogP contribution in [0.25, 0.3) is 0 Å². The molecule has 2 aromatic rings. The van der Waals surface area contributed by atoms with Crippen LogP contribution in [0, 0.1) is 6.92 Å². The van der Waals surface area contributed by atoms with E-state index < -0.39 is 0 Å². The van der Waals surface area contributed by atoms with Gasteiger partial charge in [0, 0.05) is 4.47 Å². The molecule has 1 unspecified atom stereocenters. The van der Waals surface area contributed by atoms with Crippen LogP contribution < -0.4 is 5.32 Å². The second kappa shape index (κ2) is 6.85. The van der Waals surface area contributed by atoms with E-state index in [0.29, 0.717) is 0 Å². The Balaban J connectivity index is 2.51. The first-order chi connectivity index (χ1) is 9.02. The van der Waals surface area contributed by atoms with Crippen LogP contribution >= 0.6 is 59.1 Å². The molecule has 0 spiro atoms. The van der Waals surface area contributed by atoms with Crippen LogP contribution in [0.3, 0.4) is 0 Å². The molecule has 0 aliphatic heterocycles. The third-order valence-electron chi connectivity index (χ3n) is 2.95. The van der Waals surface area contributed by atoms with E-state index in [1.165, 1.54) is 20.5 Å². The van der Waals surface area contributed by atoms with Crippen LogP contribution in [0.4, 0.5) is 0 Å². The average Bonchev–Trinajstić information content (AvgIpc) is 2.69. The molecular formula is C14H14Br3NS. The van der Waals surface area contributed by atoms with Crippen LogP contribution in [0.15, 0.2) is 36.3 Å². The first-order valence-corrected chi connectivity index (χ1v) is 9.16.